The lowest BCUT2D eigenvalue weighted by Gasteiger charge is -2.25. The summed E-state index contributed by atoms with van der Waals surface area (Å²) in [5, 5.41) is 0. The molecule has 3 aromatic rings. The molecule has 166 valence electrons. The van der Waals surface area contributed by atoms with E-state index in [0.29, 0.717) is 17.9 Å². The molecular formula is C25H26N2O5. The molecule has 2 N–H and O–H groups in total. The quantitative estimate of drug-likeness (QED) is 0.546. The number of methoxy groups -OCH3 is 1. The number of carbonyl (C=O) groups is 2. The second-order valence-corrected chi connectivity index (χ2v) is 7.73. The molecule has 0 fully saturated rings. The predicted octanol–water partition coefficient (Wildman–Crippen LogP) is 4.14. The van der Waals surface area contributed by atoms with Gasteiger partial charge in [0, 0.05) is 6.42 Å². The highest BCUT2D eigenvalue weighted by Gasteiger charge is 2.23. The van der Waals surface area contributed by atoms with Crippen molar-refractivity contribution in [1.29, 1.82) is 0 Å². The number of hydrogen-bond acceptors (Lipinski definition) is 5. The largest absolute Gasteiger partial charge is 0.497 e. The number of benzene rings is 2. The first kappa shape index (κ1) is 21.5. The average Bonchev–Trinajstić information content (AvgIpc) is 3.31. The predicted molar refractivity (Wildman–Crippen MR) is 118 cm³/mol. The molecule has 2 aromatic carbocycles. The van der Waals surface area contributed by atoms with Crippen LogP contribution in [-0.2, 0) is 17.8 Å². The summed E-state index contributed by atoms with van der Waals surface area (Å²) >= 11 is 0. The Hall–Kier alpha value is -3.74. The molecular weight excluding hydrogens is 408 g/mol. The molecule has 1 atom stereocenters. The fraction of sp³-hybridized carbons (Fsp3) is 0.280. The van der Waals surface area contributed by atoms with Crippen LogP contribution in [0.3, 0.4) is 0 Å². The van der Waals surface area contributed by atoms with Gasteiger partial charge in [0.25, 0.3) is 0 Å². The van der Waals surface area contributed by atoms with E-state index in [1.54, 1.807) is 19.2 Å². The topological polar surface area (TPSA) is 89.8 Å². The van der Waals surface area contributed by atoms with Crippen molar-refractivity contribution in [2.75, 3.05) is 7.11 Å². The maximum Gasteiger partial charge on any atom is 0.305 e. The van der Waals surface area contributed by atoms with E-state index in [0.717, 1.165) is 25.0 Å². The maximum atomic E-state index is 12.4. The standard InChI is InChI=1S/C25H26N2O5/c1-30-20-10-12-22-17(14-20)6-5-7-18(22)15-24(28)26-27-25(29)23-13-11-21(32-23)16-31-19-8-3-2-4-9-19/h2-4,8-14,18H,5-7,15-16H2,1H3,(H,26,28)(H,27,29). The Labute approximate surface area is 186 Å². The SMILES string of the molecule is COc1ccc2c(c1)CCCC2CC(=O)NNC(=O)c1ccc(COc2ccccc2)o1. The Bertz CT molecular complexity index is 1080. The molecule has 4 rings (SSSR count). The Kier molecular flexibility index (Phi) is 6.75. The number of fused-ring (bicyclic) bond motifs is 1. The summed E-state index contributed by atoms with van der Waals surface area (Å²) in [6, 6.07) is 18.6. The third-order valence-electron chi connectivity index (χ3n) is 5.55. The van der Waals surface area contributed by atoms with Gasteiger partial charge in [0.15, 0.2) is 5.76 Å². The number of rotatable bonds is 7. The normalized spacial score (nSPS) is 14.8. The number of hydrazine groups is 1. The molecule has 1 heterocycles. The minimum Gasteiger partial charge on any atom is -0.497 e. The van der Waals surface area contributed by atoms with E-state index < -0.39 is 5.91 Å². The number of nitrogens with one attached hydrogen (secondary N) is 2. The van der Waals surface area contributed by atoms with Crippen LogP contribution in [0.4, 0.5) is 0 Å². The van der Waals surface area contributed by atoms with Gasteiger partial charge in [-0.25, -0.2) is 0 Å². The second kappa shape index (κ2) is 10.0. The van der Waals surface area contributed by atoms with Crippen LogP contribution in [0.25, 0.3) is 0 Å². The first-order valence-electron chi connectivity index (χ1n) is 10.6. The molecule has 0 saturated heterocycles. The molecule has 32 heavy (non-hydrogen) atoms. The summed E-state index contributed by atoms with van der Waals surface area (Å²) < 4.78 is 16.4. The molecule has 1 aromatic heterocycles. The molecule has 0 saturated carbocycles. The smallest absolute Gasteiger partial charge is 0.305 e. The lowest BCUT2D eigenvalue weighted by molar-refractivity contribution is -0.122. The zero-order valence-electron chi connectivity index (χ0n) is 17.9. The Balaban J connectivity index is 1.27. The number of amides is 2. The van der Waals surface area contributed by atoms with Crippen molar-refractivity contribution >= 4 is 11.8 Å². The molecule has 1 unspecified atom stereocenters. The summed E-state index contributed by atoms with van der Waals surface area (Å²) in [5.41, 5.74) is 7.31. The van der Waals surface area contributed by atoms with Crippen molar-refractivity contribution in [2.24, 2.45) is 0 Å². The molecule has 1 aliphatic carbocycles. The Morgan fingerprint density at radius 1 is 1.03 bits per heavy atom. The number of hydrogen-bond donors (Lipinski definition) is 2. The number of ether oxygens (including phenoxy) is 2. The van der Waals surface area contributed by atoms with Gasteiger partial charge in [-0.15, -0.1) is 0 Å². The molecule has 7 heteroatoms. The van der Waals surface area contributed by atoms with Crippen LogP contribution < -0.4 is 20.3 Å². The third-order valence-corrected chi connectivity index (χ3v) is 5.55. The highest BCUT2D eigenvalue weighted by Crippen LogP contribution is 2.35. The first-order chi connectivity index (χ1) is 15.6. The van der Waals surface area contributed by atoms with Crippen LogP contribution >= 0.6 is 0 Å². The molecule has 0 bridgehead atoms. The van der Waals surface area contributed by atoms with E-state index >= 15 is 0 Å². The van der Waals surface area contributed by atoms with E-state index in [-0.39, 0.29) is 24.2 Å². The highest BCUT2D eigenvalue weighted by atomic mass is 16.5. The minimum absolute atomic E-state index is 0.104. The first-order valence-corrected chi connectivity index (χ1v) is 10.6. The van der Waals surface area contributed by atoms with Gasteiger partial charge in [-0.3, -0.25) is 20.4 Å². The van der Waals surface area contributed by atoms with E-state index in [2.05, 4.69) is 10.9 Å². The number of aryl methyl sites for hydroxylation is 1. The van der Waals surface area contributed by atoms with Crippen LogP contribution in [0.15, 0.2) is 65.1 Å². The Morgan fingerprint density at radius 3 is 2.69 bits per heavy atom. The van der Waals surface area contributed by atoms with Crippen molar-refractivity contribution in [3.05, 3.63) is 83.3 Å². The van der Waals surface area contributed by atoms with Gasteiger partial charge in [0.2, 0.25) is 5.91 Å². The van der Waals surface area contributed by atoms with Crippen molar-refractivity contribution in [2.45, 2.75) is 38.2 Å². The van der Waals surface area contributed by atoms with Crippen LogP contribution in [0.2, 0.25) is 0 Å². The summed E-state index contributed by atoms with van der Waals surface area (Å²) in [6.07, 6.45) is 3.23. The van der Waals surface area contributed by atoms with Gasteiger partial charge in [-0.05, 0) is 72.7 Å². The number of carbonyl (C=O) groups excluding carboxylic acids is 2. The number of furan rings is 1. The Morgan fingerprint density at radius 2 is 1.88 bits per heavy atom. The lowest BCUT2D eigenvalue weighted by Crippen LogP contribution is -2.42. The highest BCUT2D eigenvalue weighted by molar-refractivity contribution is 5.93. The van der Waals surface area contributed by atoms with Gasteiger partial charge >= 0.3 is 5.91 Å². The van der Waals surface area contributed by atoms with Crippen molar-refractivity contribution in [3.8, 4) is 11.5 Å². The van der Waals surface area contributed by atoms with Crippen molar-refractivity contribution < 1.29 is 23.5 Å². The van der Waals surface area contributed by atoms with Crippen LogP contribution in [0.5, 0.6) is 11.5 Å². The van der Waals surface area contributed by atoms with Gasteiger partial charge in [0.1, 0.15) is 23.9 Å². The van der Waals surface area contributed by atoms with Gasteiger partial charge in [0.05, 0.1) is 7.11 Å². The fourth-order valence-corrected chi connectivity index (χ4v) is 3.94. The maximum absolute atomic E-state index is 12.4. The van der Waals surface area contributed by atoms with Gasteiger partial charge in [-0.2, -0.15) is 0 Å². The van der Waals surface area contributed by atoms with Gasteiger partial charge < -0.3 is 13.9 Å². The summed E-state index contributed by atoms with van der Waals surface area (Å²) in [4.78, 5) is 24.8. The third kappa shape index (κ3) is 5.29. The van der Waals surface area contributed by atoms with Gasteiger partial charge in [-0.1, -0.05) is 24.3 Å². The zero-order chi connectivity index (χ0) is 22.3. The van der Waals surface area contributed by atoms with E-state index in [1.807, 2.05) is 48.5 Å². The molecule has 0 aliphatic heterocycles. The van der Waals surface area contributed by atoms with E-state index in [4.69, 9.17) is 13.9 Å². The summed E-state index contributed by atoms with van der Waals surface area (Å²) in [7, 11) is 1.65. The monoisotopic (exact) mass is 434 g/mol. The summed E-state index contributed by atoms with van der Waals surface area (Å²) in [6.45, 7) is 0.204. The summed E-state index contributed by atoms with van der Waals surface area (Å²) in [5.74, 6) is 1.51. The molecule has 0 spiro atoms. The fourth-order valence-electron chi connectivity index (χ4n) is 3.94. The number of para-hydroxylation sites is 1. The van der Waals surface area contributed by atoms with Crippen LogP contribution in [0.1, 0.15) is 52.6 Å². The molecule has 1 aliphatic rings. The van der Waals surface area contributed by atoms with E-state index in [1.165, 1.54) is 11.1 Å². The van der Waals surface area contributed by atoms with Crippen LogP contribution in [0, 0.1) is 0 Å². The second-order valence-electron chi connectivity index (χ2n) is 7.73. The molecule has 7 nitrogen and oxygen atoms in total. The van der Waals surface area contributed by atoms with Crippen molar-refractivity contribution in [3.63, 3.8) is 0 Å². The van der Waals surface area contributed by atoms with E-state index in [9.17, 15) is 9.59 Å². The van der Waals surface area contributed by atoms with Crippen molar-refractivity contribution in [1.82, 2.24) is 10.9 Å². The minimum atomic E-state index is -0.516. The average molecular weight is 434 g/mol. The van der Waals surface area contributed by atoms with Crippen LogP contribution in [-0.4, -0.2) is 18.9 Å². The zero-order valence-corrected chi connectivity index (χ0v) is 17.9. The molecule has 2 amide bonds. The molecule has 0 radical (unpaired) electrons. The lowest BCUT2D eigenvalue weighted by atomic mass is 9.81.